The van der Waals surface area contributed by atoms with Crippen LogP contribution in [-0.4, -0.2) is 19.9 Å². The van der Waals surface area contributed by atoms with Gasteiger partial charge in [0.15, 0.2) is 0 Å². The van der Waals surface area contributed by atoms with E-state index in [2.05, 4.69) is 78.1 Å². The highest BCUT2D eigenvalue weighted by Crippen LogP contribution is 2.54. The highest BCUT2D eigenvalue weighted by atomic mass is 16.5. The van der Waals surface area contributed by atoms with E-state index >= 15 is 0 Å². The van der Waals surface area contributed by atoms with Gasteiger partial charge in [0.05, 0.1) is 12.1 Å². The Labute approximate surface area is 323 Å². The summed E-state index contributed by atoms with van der Waals surface area (Å²) in [5.41, 5.74) is 6.53. The summed E-state index contributed by atoms with van der Waals surface area (Å²) >= 11 is 0. The zero-order valence-corrected chi connectivity index (χ0v) is 32.1. The number of hydrogen-bond donors (Lipinski definition) is 0. The summed E-state index contributed by atoms with van der Waals surface area (Å²) < 4.78 is 24.3. The van der Waals surface area contributed by atoms with E-state index in [1.54, 1.807) is 12.1 Å². The van der Waals surface area contributed by atoms with Gasteiger partial charge in [-0.05, 0) is 115 Å². The minimum absolute atomic E-state index is 0.145. The van der Waals surface area contributed by atoms with Gasteiger partial charge in [-0.2, -0.15) is 0 Å². The van der Waals surface area contributed by atoms with Gasteiger partial charge >= 0.3 is 0 Å². The van der Waals surface area contributed by atoms with Gasteiger partial charge in [0.1, 0.15) is 35.7 Å². The monoisotopic (exact) mass is 730 g/mol. The van der Waals surface area contributed by atoms with E-state index in [1.165, 1.54) is 30.2 Å². The van der Waals surface area contributed by atoms with E-state index in [0.29, 0.717) is 52.4 Å². The minimum atomic E-state index is -0.205. The lowest BCUT2D eigenvalue weighted by atomic mass is 9.55. The standard InChI is InChI=1S/C47H46N4O4/c1-31(2)34-8-16-38(17-9-34)52-42-24-44(50-29-48-42)54-40-20-12-36(13-21-40)47(27-33(5)26-46(6,7)28-47)37-14-22-41(23-15-37)55-45-25-43(49-30-51-45)53-39-18-10-35(11-19-39)32(3)4/h8-25,29-30,33H,1,3,26-28H2,2,4-7H3. The van der Waals surface area contributed by atoms with Gasteiger partial charge in [-0.25, -0.2) is 19.9 Å². The average molecular weight is 731 g/mol. The molecule has 1 fully saturated rings. The zero-order valence-electron chi connectivity index (χ0n) is 32.1. The topological polar surface area (TPSA) is 88.5 Å². The maximum atomic E-state index is 6.20. The summed E-state index contributed by atoms with van der Waals surface area (Å²) in [6, 6.07) is 35.6. The second-order valence-electron chi connectivity index (χ2n) is 15.4. The Kier molecular flexibility index (Phi) is 10.5. The molecule has 7 rings (SSSR count). The van der Waals surface area contributed by atoms with Crippen molar-refractivity contribution in [3.8, 4) is 46.5 Å². The third-order valence-corrected chi connectivity index (χ3v) is 10.0. The summed E-state index contributed by atoms with van der Waals surface area (Å²) in [4.78, 5) is 17.2. The summed E-state index contributed by atoms with van der Waals surface area (Å²) in [5.74, 6) is 4.81. The van der Waals surface area contributed by atoms with Crippen LogP contribution in [0.5, 0.6) is 46.5 Å². The summed E-state index contributed by atoms with van der Waals surface area (Å²) in [6.45, 7) is 19.0. The highest BCUT2D eigenvalue weighted by molar-refractivity contribution is 5.62. The van der Waals surface area contributed by atoms with Crippen molar-refractivity contribution in [1.82, 2.24) is 19.9 Å². The van der Waals surface area contributed by atoms with Crippen molar-refractivity contribution in [2.24, 2.45) is 11.3 Å². The number of nitrogens with zero attached hydrogens (tertiary/aromatic N) is 4. The van der Waals surface area contributed by atoms with Crippen LogP contribution >= 0.6 is 0 Å². The van der Waals surface area contributed by atoms with Crippen LogP contribution in [0.1, 0.15) is 76.1 Å². The number of hydrogen-bond acceptors (Lipinski definition) is 8. The summed E-state index contributed by atoms with van der Waals surface area (Å²) in [7, 11) is 0. The molecule has 8 nitrogen and oxygen atoms in total. The Bertz CT molecular complexity index is 2130. The smallest absolute Gasteiger partial charge is 0.226 e. The molecule has 278 valence electrons. The Morgan fingerprint density at radius 3 is 1.16 bits per heavy atom. The molecule has 1 aliphatic rings. The van der Waals surface area contributed by atoms with E-state index < -0.39 is 0 Å². The summed E-state index contributed by atoms with van der Waals surface area (Å²) in [6.07, 6.45) is 6.08. The molecule has 4 aromatic carbocycles. The van der Waals surface area contributed by atoms with Crippen molar-refractivity contribution < 1.29 is 18.9 Å². The molecule has 2 heterocycles. The third kappa shape index (κ3) is 8.92. The molecule has 0 radical (unpaired) electrons. The number of ether oxygens (including phenoxy) is 4. The van der Waals surface area contributed by atoms with Crippen molar-refractivity contribution in [1.29, 1.82) is 0 Å². The fourth-order valence-corrected chi connectivity index (χ4v) is 7.83. The van der Waals surface area contributed by atoms with Crippen molar-refractivity contribution >= 4 is 11.1 Å². The lowest BCUT2D eigenvalue weighted by Crippen LogP contribution is -2.41. The molecule has 2 aromatic heterocycles. The van der Waals surface area contributed by atoms with E-state index in [9.17, 15) is 0 Å². The number of benzene rings is 4. The second kappa shape index (κ2) is 15.6. The fraction of sp³-hybridized carbons (Fsp3) is 0.234. The molecule has 8 heteroatoms. The number of rotatable bonds is 12. The maximum Gasteiger partial charge on any atom is 0.226 e. The number of allylic oxidation sites excluding steroid dienone is 2. The molecule has 0 saturated heterocycles. The minimum Gasteiger partial charge on any atom is -0.439 e. The highest BCUT2D eigenvalue weighted by Gasteiger charge is 2.45. The molecule has 0 amide bonds. The van der Waals surface area contributed by atoms with Gasteiger partial charge in [0.2, 0.25) is 23.5 Å². The van der Waals surface area contributed by atoms with Gasteiger partial charge in [-0.1, -0.05) is 93.6 Å². The molecule has 1 saturated carbocycles. The van der Waals surface area contributed by atoms with Gasteiger partial charge in [-0.15, -0.1) is 0 Å². The molecule has 1 aliphatic carbocycles. The Morgan fingerprint density at radius 1 is 0.527 bits per heavy atom. The zero-order chi connectivity index (χ0) is 38.6. The second-order valence-corrected chi connectivity index (χ2v) is 15.4. The van der Waals surface area contributed by atoms with Crippen molar-refractivity contribution in [2.45, 2.75) is 59.3 Å². The first-order valence-corrected chi connectivity index (χ1v) is 18.5. The van der Waals surface area contributed by atoms with Crippen molar-refractivity contribution in [3.63, 3.8) is 0 Å². The van der Waals surface area contributed by atoms with Gasteiger partial charge in [0, 0.05) is 5.41 Å². The summed E-state index contributed by atoms with van der Waals surface area (Å²) in [5, 5.41) is 0. The van der Waals surface area contributed by atoms with Crippen LogP contribution in [0.2, 0.25) is 0 Å². The van der Waals surface area contributed by atoms with Crippen molar-refractivity contribution in [2.75, 3.05) is 0 Å². The van der Waals surface area contributed by atoms with Crippen LogP contribution in [0.3, 0.4) is 0 Å². The lowest BCUT2D eigenvalue weighted by molar-refractivity contribution is 0.127. The molecule has 0 spiro atoms. The predicted octanol–water partition coefficient (Wildman–Crippen LogP) is 12.6. The first-order valence-electron chi connectivity index (χ1n) is 18.5. The molecule has 0 bridgehead atoms. The van der Waals surface area contributed by atoms with E-state index in [4.69, 9.17) is 18.9 Å². The van der Waals surface area contributed by atoms with Crippen LogP contribution < -0.4 is 18.9 Å². The van der Waals surface area contributed by atoms with E-state index in [0.717, 1.165) is 35.1 Å². The van der Waals surface area contributed by atoms with Crippen LogP contribution in [0.15, 0.2) is 135 Å². The Hall–Kier alpha value is -6.28. The molecule has 0 aliphatic heterocycles. The van der Waals surface area contributed by atoms with E-state index in [-0.39, 0.29) is 10.8 Å². The fourth-order valence-electron chi connectivity index (χ4n) is 7.83. The SMILES string of the molecule is C=C(C)c1ccc(Oc2cc(Oc3ccc(C4(c5ccc(Oc6cc(Oc7ccc(C(=C)C)cc7)ncn6)cc5)CC(C)CC(C)(C)C4)cc3)ncn2)cc1. The van der Waals surface area contributed by atoms with Crippen LogP contribution in [-0.2, 0) is 5.41 Å². The Morgan fingerprint density at radius 2 is 0.855 bits per heavy atom. The van der Waals surface area contributed by atoms with Gasteiger partial charge < -0.3 is 18.9 Å². The number of aromatic nitrogens is 4. The van der Waals surface area contributed by atoms with Crippen LogP contribution in [0.4, 0.5) is 0 Å². The molecular weight excluding hydrogens is 685 g/mol. The molecule has 55 heavy (non-hydrogen) atoms. The maximum absolute atomic E-state index is 6.20. The largest absolute Gasteiger partial charge is 0.439 e. The molecule has 0 N–H and O–H groups in total. The normalized spacial score (nSPS) is 15.8. The van der Waals surface area contributed by atoms with Crippen molar-refractivity contribution in [3.05, 3.63) is 157 Å². The third-order valence-electron chi connectivity index (χ3n) is 10.0. The first kappa shape index (κ1) is 37.1. The van der Waals surface area contributed by atoms with Gasteiger partial charge in [0.25, 0.3) is 0 Å². The quantitative estimate of drug-likeness (QED) is 0.123. The van der Waals surface area contributed by atoms with Crippen LogP contribution in [0.25, 0.3) is 11.1 Å². The van der Waals surface area contributed by atoms with Crippen LogP contribution in [0, 0.1) is 11.3 Å². The Balaban J connectivity index is 1.07. The first-order chi connectivity index (χ1) is 26.4. The lowest BCUT2D eigenvalue weighted by Gasteiger charge is -2.48. The molecular formula is C47H46N4O4. The predicted molar refractivity (Wildman–Crippen MR) is 217 cm³/mol. The van der Waals surface area contributed by atoms with Gasteiger partial charge in [-0.3, -0.25) is 0 Å². The van der Waals surface area contributed by atoms with E-state index in [1.807, 2.05) is 86.6 Å². The molecule has 6 aromatic rings. The average Bonchev–Trinajstić information content (AvgIpc) is 3.15. The molecule has 1 unspecified atom stereocenters. The molecule has 1 atom stereocenters.